The highest BCUT2D eigenvalue weighted by atomic mass is 19.1. The van der Waals surface area contributed by atoms with Crippen molar-refractivity contribution in [1.29, 1.82) is 0 Å². The highest BCUT2D eigenvalue weighted by Gasteiger charge is 2.37. The smallest absolute Gasteiger partial charge is 0.131 e. The molecule has 0 amide bonds. The fourth-order valence-electron chi connectivity index (χ4n) is 2.89. The van der Waals surface area contributed by atoms with Gasteiger partial charge in [-0.05, 0) is 37.8 Å². The van der Waals surface area contributed by atoms with Gasteiger partial charge in [0, 0.05) is 17.2 Å². The first kappa shape index (κ1) is 12.5. The Morgan fingerprint density at radius 3 is 2.65 bits per heavy atom. The fourth-order valence-corrected chi connectivity index (χ4v) is 2.89. The Labute approximate surface area is 101 Å². The minimum absolute atomic E-state index is 0.300. The van der Waals surface area contributed by atoms with Gasteiger partial charge in [-0.15, -0.1) is 0 Å². The average molecular weight is 239 g/mol. The summed E-state index contributed by atoms with van der Waals surface area (Å²) in [6.07, 6.45) is 2.85. The number of hydrogen-bond donors (Lipinski definition) is 1. The van der Waals surface area contributed by atoms with Crippen molar-refractivity contribution in [3.63, 3.8) is 0 Å². The van der Waals surface area contributed by atoms with E-state index in [4.69, 9.17) is 0 Å². The molecule has 0 aliphatic carbocycles. The van der Waals surface area contributed by atoms with Crippen LogP contribution < -0.4 is 5.32 Å². The molecule has 3 heteroatoms. The molecule has 1 aromatic rings. The highest BCUT2D eigenvalue weighted by molar-refractivity contribution is 5.28. The lowest BCUT2D eigenvalue weighted by atomic mass is 9.81. The molecule has 1 fully saturated rings. The van der Waals surface area contributed by atoms with Gasteiger partial charge in [0.05, 0.1) is 0 Å². The van der Waals surface area contributed by atoms with Crippen molar-refractivity contribution in [2.75, 3.05) is 6.54 Å². The molecule has 0 radical (unpaired) electrons. The molecule has 0 saturated carbocycles. The zero-order valence-electron chi connectivity index (χ0n) is 10.4. The SMILES string of the molecule is CC(C)CC1(c2ccc(F)cc2F)CCCN1. The maximum absolute atomic E-state index is 13.9. The lowest BCUT2D eigenvalue weighted by molar-refractivity contribution is 0.300. The van der Waals surface area contributed by atoms with Crippen LogP contribution in [0.1, 0.15) is 38.7 Å². The predicted octanol–water partition coefficient (Wildman–Crippen LogP) is 3.59. The number of nitrogens with one attached hydrogen (secondary N) is 1. The second-order valence-corrected chi connectivity index (χ2v) is 5.33. The zero-order chi connectivity index (χ0) is 12.5. The maximum atomic E-state index is 13.9. The van der Waals surface area contributed by atoms with Crippen LogP contribution in [-0.4, -0.2) is 6.54 Å². The molecular weight excluding hydrogens is 220 g/mol. The van der Waals surface area contributed by atoms with Crippen molar-refractivity contribution in [3.05, 3.63) is 35.4 Å². The van der Waals surface area contributed by atoms with Crippen molar-refractivity contribution >= 4 is 0 Å². The van der Waals surface area contributed by atoms with Crippen LogP contribution in [0.3, 0.4) is 0 Å². The molecule has 0 bridgehead atoms. The molecule has 1 aromatic carbocycles. The predicted molar refractivity (Wildman–Crippen MR) is 64.7 cm³/mol. The summed E-state index contributed by atoms with van der Waals surface area (Å²) in [5, 5.41) is 3.42. The molecule has 0 aromatic heterocycles. The normalized spacial score (nSPS) is 24.5. The Kier molecular flexibility index (Phi) is 3.48. The van der Waals surface area contributed by atoms with Crippen molar-refractivity contribution < 1.29 is 8.78 Å². The Hall–Kier alpha value is -0.960. The van der Waals surface area contributed by atoms with Gasteiger partial charge in [-0.2, -0.15) is 0 Å². The van der Waals surface area contributed by atoms with E-state index in [1.165, 1.54) is 6.07 Å². The molecule has 1 atom stereocenters. The van der Waals surface area contributed by atoms with Crippen LogP contribution in [0.2, 0.25) is 0 Å². The minimum atomic E-state index is -0.510. The third-order valence-corrected chi connectivity index (χ3v) is 3.45. The van der Waals surface area contributed by atoms with Gasteiger partial charge in [-0.3, -0.25) is 0 Å². The van der Waals surface area contributed by atoms with Crippen molar-refractivity contribution in [2.45, 2.75) is 38.6 Å². The summed E-state index contributed by atoms with van der Waals surface area (Å²) in [7, 11) is 0. The lowest BCUT2D eigenvalue weighted by Gasteiger charge is -2.32. The summed E-state index contributed by atoms with van der Waals surface area (Å²) in [4.78, 5) is 0. The van der Waals surface area contributed by atoms with Crippen LogP contribution >= 0.6 is 0 Å². The molecule has 1 aliphatic heterocycles. The van der Waals surface area contributed by atoms with Gasteiger partial charge in [-0.1, -0.05) is 19.9 Å². The second-order valence-electron chi connectivity index (χ2n) is 5.33. The number of rotatable bonds is 3. The van der Waals surface area contributed by atoms with Crippen LogP contribution in [-0.2, 0) is 5.54 Å². The number of halogens is 2. The largest absolute Gasteiger partial charge is 0.307 e. The van der Waals surface area contributed by atoms with E-state index in [1.54, 1.807) is 6.07 Å². The molecule has 17 heavy (non-hydrogen) atoms. The highest BCUT2D eigenvalue weighted by Crippen LogP contribution is 2.38. The molecule has 1 saturated heterocycles. The molecule has 0 spiro atoms. The van der Waals surface area contributed by atoms with Gasteiger partial charge in [0.2, 0.25) is 0 Å². The molecule has 2 rings (SSSR count). The molecule has 1 N–H and O–H groups in total. The van der Waals surface area contributed by atoms with E-state index >= 15 is 0 Å². The van der Waals surface area contributed by atoms with Gasteiger partial charge in [0.1, 0.15) is 11.6 Å². The third kappa shape index (κ3) is 2.49. The van der Waals surface area contributed by atoms with Crippen LogP contribution in [0.4, 0.5) is 8.78 Å². The van der Waals surface area contributed by atoms with Gasteiger partial charge in [0.25, 0.3) is 0 Å². The van der Waals surface area contributed by atoms with E-state index in [-0.39, 0.29) is 5.54 Å². The molecule has 1 unspecified atom stereocenters. The zero-order valence-corrected chi connectivity index (χ0v) is 10.4. The summed E-state index contributed by atoms with van der Waals surface area (Å²) in [6.45, 7) is 5.16. The van der Waals surface area contributed by atoms with Crippen LogP contribution in [0.25, 0.3) is 0 Å². The fraction of sp³-hybridized carbons (Fsp3) is 0.571. The van der Waals surface area contributed by atoms with E-state index in [9.17, 15) is 8.78 Å². The summed E-state index contributed by atoms with van der Waals surface area (Å²) >= 11 is 0. The van der Waals surface area contributed by atoms with Crippen LogP contribution in [0.5, 0.6) is 0 Å². The van der Waals surface area contributed by atoms with Crippen LogP contribution in [0, 0.1) is 17.6 Å². The standard InChI is InChI=1S/C14H19F2N/c1-10(2)9-14(6-3-7-17-14)12-5-4-11(15)8-13(12)16/h4-5,8,10,17H,3,6-7,9H2,1-2H3. The average Bonchev–Trinajstić information content (AvgIpc) is 2.65. The van der Waals surface area contributed by atoms with E-state index in [2.05, 4.69) is 19.2 Å². The first-order valence-electron chi connectivity index (χ1n) is 6.24. The molecule has 94 valence electrons. The van der Waals surface area contributed by atoms with Gasteiger partial charge >= 0.3 is 0 Å². The van der Waals surface area contributed by atoms with Crippen LogP contribution in [0.15, 0.2) is 18.2 Å². The van der Waals surface area contributed by atoms with Crippen molar-refractivity contribution in [2.24, 2.45) is 5.92 Å². The van der Waals surface area contributed by atoms with Gasteiger partial charge in [-0.25, -0.2) is 8.78 Å². The lowest BCUT2D eigenvalue weighted by Crippen LogP contribution is -2.39. The molecule has 1 heterocycles. The Balaban J connectivity index is 2.38. The quantitative estimate of drug-likeness (QED) is 0.850. The molecule has 1 aliphatic rings. The Bertz CT molecular complexity index is 395. The van der Waals surface area contributed by atoms with E-state index in [0.717, 1.165) is 31.9 Å². The van der Waals surface area contributed by atoms with E-state index in [0.29, 0.717) is 11.5 Å². The van der Waals surface area contributed by atoms with Gasteiger partial charge in [0.15, 0.2) is 0 Å². The second kappa shape index (κ2) is 4.73. The van der Waals surface area contributed by atoms with Crippen molar-refractivity contribution in [3.8, 4) is 0 Å². The Morgan fingerprint density at radius 2 is 2.12 bits per heavy atom. The van der Waals surface area contributed by atoms with E-state index in [1.807, 2.05) is 0 Å². The maximum Gasteiger partial charge on any atom is 0.131 e. The Morgan fingerprint density at radius 1 is 1.35 bits per heavy atom. The summed E-state index contributed by atoms with van der Waals surface area (Å²) in [6, 6.07) is 3.92. The molecular formula is C14H19F2N. The topological polar surface area (TPSA) is 12.0 Å². The first-order chi connectivity index (χ1) is 8.03. The minimum Gasteiger partial charge on any atom is -0.307 e. The van der Waals surface area contributed by atoms with Crippen molar-refractivity contribution in [1.82, 2.24) is 5.32 Å². The number of hydrogen-bond acceptors (Lipinski definition) is 1. The van der Waals surface area contributed by atoms with Gasteiger partial charge < -0.3 is 5.32 Å². The summed E-state index contributed by atoms with van der Waals surface area (Å²) < 4.78 is 26.9. The summed E-state index contributed by atoms with van der Waals surface area (Å²) in [5.74, 6) is -0.464. The number of benzene rings is 1. The summed E-state index contributed by atoms with van der Waals surface area (Å²) in [5.41, 5.74) is 0.316. The first-order valence-corrected chi connectivity index (χ1v) is 6.24. The monoisotopic (exact) mass is 239 g/mol. The third-order valence-electron chi connectivity index (χ3n) is 3.45. The molecule has 1 nitrogen and oxygen atoms in total. The van der Waals surface area contributed by atoms with E-state index < -0.39 is 11.6 Å².